The molecule has 0 aliphatic carbocycles. The molecule has 1 saturated heterocycles. The Labute approximate surface area is 173 Å². The highest BCUT2D eigenvalue weighted by molar-refractivity contribution is 7.22. The number of rotatable bonds is 5. The Morgan fingerprint density at radius 2 is 1.66 bits per heavy atom. The Morgan fingerprint density at radius 3 is 2.34 bits per heavy atom. The predicted octanol–water partition coefficient (Wildman–Crippen LogP) is 3.28. The maximum Gasteiger partial charge on any atom is 0.254 e. The van der Waals surface area contributed by atoms with Gasteiger partial charge in [0, 0.05) is 31.7 Å². The Kier molecular flexibility index (Phi) is 5.44. The van der Waals surface area contributed by atoms with E-state index in [2.05, 4.69) is 11.0 Å². The lowest BCUT2D eigenvalue weighted by molar-refractivity contribution is 0.0746. The molecule has 4 rings (SSSR count). The first-order valence-electron chi connectivity index (χ1n) is 9.34. The number of amides is 1. The minimum absolute atomic E-state index is 0.00317. The van der Waals surface area contributed by atoms with E-state index in [1.165, 1.54) is 0 Å². The number of piperazine rings is 1. The van der Waals surface area contributed by atoms with Gasteiger partial charge < -0.3 is 24.0 Å². The minimum Gasteiger partial charge on any atom is -0.494 e. The third-order valence-electron chi connectivity index (χ3n) is 5.06. The molecule has 0 N–H and O–H groups in total. The Morgan fingerprint density at radius 1 is 0.931 bits per heavy atom. The summed E-state index contributed by atoms with van der Waals surface area (Å²) in [5, 5.41) is 0.961. The van der Waals surface area contributed by atoms with E-state index in [0.29, 0.717) is 30.2 Å². The molecule has 29 heavy (non-hydrogen) atoms. The van der Waals surface area contributed by atoms with Crippen LogP contribution in [0.2, 0.25) is 0 Å². The van der Waals surface area contributed by atoms with Crippen molar-refractivity contribution >= 4 is 32.6 Å². The molecule has 2 aromatic carbocycles. The molecule has 2 heterocycles. The molecule has 0 radical (unpaired) electrons. The van der Waals surface area contributed by atoms with Crippen LogP contribution < -0.4 is 19.1 Å². The predicted molar refractivity (Wildman–Crippen MR) is 114 cm³/mol. The van der Waals surface area contributed by atoms with Crippen LogP contribution in [0.15, 0.2) is 36.4 Å². The van der Waals surface area contributed by atoms with Crippen molar-refractivity contribution in [3.8, 4) is 17.2 Å². The number of ether oxygens (including phenoxy) is 3. The normalized spacial score (nSPS) is 14.2. The smallest absolute Gasteiger partial charge is 0.254 e. The number of carbonyl (C=O) groups excluding carboxylic acids is 1. The minimum atomic E-state index is -0.00317. The summed E-state index contributed by atoms with van der Waals surface area (Å²) in [6, 6.07) is 11.2. The highest BCUT2D eigenvalue weighted by Gasteiger charge is 2.25. The molecule has 7 nitrogen and oxygen atoms in total. The number of anilines is 1. The van der Waals surface area contributed by atoms with Gasteiger partial charge in [0.2, 0.25) is 0 Å². The fourth-order valence-corrected chi connectivity index (χ4v) is 4.50. The van der Waals surface area contributed by atoms with E-state index in [4.69, 9.17) is 19.2 Å². The van der Waals surface area contributed by atoms with Crippen molar-refractivity contribution in [3.63, 3.8) is 0 Å². The SMILES string of the molecule is COc1ccc(C(=O)N2CCN(c3nc4c(OC)cccc4s3)CC2)cc1OC. The molecule has 0 bridgehead atoms. The van der Waals surface area contributed by atoms with Crippen LogP contribution in [0.3, 0.4) is 0 Å². The van der Waals surface area contributed by atoms with Gasteiger partial charge in [0.25, 0.3) is 5.91 Å². The van der Waals surface area contributed by atoms with Crippen molar-refractivity contribution in [1.82, 2.24) is 9.88 Å². The van der Waals surface area contributed by atoms with E-state index >= 15 is 0 Å². The number of methoxy groups -OCH3 is 3. The Hall–Kier alpha value is -3.00. The van der Waals surface area contributed by atoms with Crippen molar-refractivity contribution in [1.29, 1.82) is 0 Å². The summed E-state index contributed by atoms with van der Waals surface area (Å²) >= 11 is 1.65. The first-order valence-corrected chi connectivity index (χ1v) is 10.2. The van der Waals surface area contributed by atoms with Gasteiger partial charge in [-0.25, -0.2) is 4.98 Å². The lowest BCUT2D eigenvalue weighted by atomic mass is 10.1. The summed E-state index contributed by atoms with van der Waals surface area (Å²) in [7, 11) is 4.81. The third-order valence-corrected chi connectivity index (χ3v) is 6.14. The summed E-state index contributed by atoms with van der Waals surface area (Å²) in [6.45, 7) is 2.75. The number of hydrogen-bond donors (Lipinski definition) is 0. The molecule has 1 aromatic heterocycles. The van der Waals surface area contributed by atoms with E-state index in [-0.39, 0.29) is 5.91 Å². The summed E-state index contributed by atoms with van der Waals surface area (Å²) in [6.07, 6.45) is 0. The number of thiazole rings is 1. The first-order chi connectivity index (χ1) is 14.1. The van der Waals surface area contributed by atoms with Crippen LogP contribution in [-0.2, 0) is 0 Å². The van der Waals surface area contributed by atoms with Crippen LogP contribution in [0.25, 0.3) is 10.2 Å². The van der Waals surface area contributed by atoms with Gasteiger partial charge in [0.15, 0.2) is 16.6 Å². The zero-order chi connectivity index (χ0) is 20.4. The summed E-state index contributed by atoms with van der Waals surface area (Å²) < 4.78 is 17.1. The van der Waals surface area contributed by atoms with E-state index in [0.717, 1.165) is 34.2 Å². The molecule has 0 unspecified atom stereocenters. The monoisotopic (exact) mass is 413 g/mol. The zero-order valence-electron chi connectivity index (χ0n) is 16.7. The zero-order valence-corrected chi connectivity index (χ0v) is 17.5. The molecule has 3 aromatic rings. The molecular formula is C21H23N3O4S. The molecule has 1 aliphatic rings. The van der Waals surface area contributed by atoms with E-state index in [9.17, 15) is 4.79 Å². The maximum absolute atomic E-state index is 12.9. The average molecular weight is 413 g/mol. The number of nitrogens with zero attached hydrogens (tertiary/aromatic N) is 3. The largest absolute Gasteiger partial charge is 0.494 e. The molecule has 1 fully saturated rings. The number of aromatic nitrogens is 1. The van der Waals surface area contributed by atoms with Gasteiger partial charge >= 0.3 is 0 Å². The highest BCUT2D eigenvalue weighted by atomic mass is 32.1. The number of para-hydroxylation sites is 1. The van der Waals surface area contributed by atoms with Crippen LogP contribution in [0, 0.1) is 0 Å². The quantitative estimate of drug-likeness (QED) is 0.640. The van der Waals surface area contributed by atoms with Gasteiger partial charge in [0.1, 0.15) is 11.3 Å². The number of fused-ring (bicyclic) bond motifs is 1. The Balaban J connectivity index is 1.46. The summed E-state index contributed by atoms with van der Waals surface area (Å²) in [4.78, 5) is 21.8. The summed E-state index contributed by atoms with van der Waals surface area (Å²) in [5.41, 5.74) is 1.49. The fourth-order valence-electron chi connectivity index (χ4n) is 3.46. The molecule has 0 atom stereocenters. The van der Waals surface area contributed by atoms with Gasteiger partial charge in [-0.15, -0.1) is 0 Å². The Bertz CT molecular complexity index is 1030. The fraction of sp³-hybridized carbons (Fsp3) is 0.333. The average Bonchev–Trinajstić information content (AvgIpc) is 3.22. The van der Waals surface area contributed by atoms with E-state index in [1.54, 1.807) is 50.9 Å². The first kappa shape index (κ1) is 19.3. The van der Waals surface area contributed by atoms with Gasteiger partial charge in [-0.2, -0.15) is 0 Å². The van der Waals surface area contributed by atoms with Crippen molar-refractivity contribution in [2.24, 2.45) is 0 Å². The van der Waals surface area contributed by atoms with Gasteiger partial charge in [0.05, 0.1) is 26.0 Å². The molecule has 0 saturated carbocycles. The van der Waals surface area contributed by atoms with Gasteiger partial charge in [-0.1, -0.05) is 17.4 Å². The topological polar surface area (TPSA) is 64.1 Å². The van der Waals surface area contributed by atoms with E-state index < -0.39 is 0 Å². The van der Waals surface area contributed by atoms with Crippen LogP contribution in [-0.4, -0.2) is 63.3 Å². The van der Waals surface area contributed by atoms with Crippen molar-refractivity contribution < 1.29 is 19.0 Å². The van der Waals surface area contributed by atoms with Gasteiger partial charge in [-0.3, -0.25) is 4.79 Å². The maximum atomic E-state index is 12.9. The van der Waals surface area contributed by atoms with Crippen molar-refractivity contribution in [3.05, 3.63) is 42.0 Å². The van der Waals surface area contributed by atoms with Crippen LogP contribution in [0.1, 0.15) is 10.4 Å². The lowest BCUT2D eigenvalue weighted by Gasteiger charge is -2.34. The standard InChI is InChI=1S/C21H23N3O4S/c1-26-15-8-7-14(13-17(15)28-3)20(25)23-9-11-24(12-10-23)21-22-19-16(27-2)5-4-6-18(19)29-21/h4-8,13H,9-12H2,1-3H3. The lowest BCUT2D eigenvalue weighted by Crippen LogP contribution is -2.48. The molecule has 1 aliphatic heterocycles. The van der Waals surface area contributed by atoms with Crippen molar-refractivity contribution in [2.75, 3.05) is 52.4 Å². The molecule has 152 valence electrons. The molecular weight excluding hydrogens is 390 g/mol. The summed E-state index contributed by atoms with van der Waals surface area (Å²) in [5.74, 6) is 1.95. The second-order valence-corrected chi connectivity index (χ2v) is 7.66. The van der Waals surface area contributed by atoms with Crippen molar-refractivity contribution in [2.45, 2.75) is 0 Å². The highest BCUT2D eigenvalue weighted by Crippen LogP contribution is 2.34. The second kappa shape index (κ2) is 8.16. The van der Waals surface area contributed by atoms with Gasteiger partial charge in [-0.05, 0) is 30.3 Å². The van der Waals surface area contributed by atoms with Crippen LogP contribution in [0.4, 0.5) is 5.13 Å². The number of hydrogen-bond acceptors (Lipinski definition) is 7. The van der Waals surface area contributed by atoms with Crippen LogP contribution >= 0.6 is 11.3 Å². The molecule has 1 amide bonds. The van der Waals surface area contributed by atoms with E-state index in [1.807, 2.05) is 17.0 Å². The van der Waals surface area contributed by atoms with Crippen LogP contribution in [0.5, 0.6) is 17.2 Å². The molecule has 8 heteroatoms. The molecule has 0 spiro atoms. The number of benzene rings is 2. The second-order valence-electron chi connectivity index (χ2n) is 6.65. The third kappa shape index (κ3) is 3.67. The number of carbonyl (C=O) groups is 1.